The second-order valence-electron chi connectivity index (χ2n) is 7.07. The lowest BCUT2D eigenvalue weighted by Gasteiger charge is -2.23. The van der Waals surface area contributed by atoms with Gasteiger partial charge < -0.3 is 18.9 Å². The Morgan fingerprint density at radius 3 is 2.26 bits per heavy atom. The molecule has 0 radical (unpaired) electrons. The summed E-state index contributed by atoms with van der Waals surface area (Å²) in [6.07, 6.45) is 0.780. The summed E-state index contributed by atoms with van der Waals surface area (Å²) in [4.78, 5) is 4.87. The van der Waals surface area contributed by atoms with Gasteiger partial charge in [-0.25, -0.2) is 9.99 Å². The van der Waals surface area contributed by atoms with Crippen LogP contribution < -0.4 is 24.0 Å². The first-order valence-electron chi connectivity index (χ1n) is 9.81. The summed E-state index contributed by atoms with van der Waals surface area (Å²) in [5, 5.41) is 9.59. The van der Waals surface area contributed by atoms with Gasteiger partial charge in [-0.1, -0.05) is 12.1 Å². The molecule has 0 saturated heterocycles. The second kappa shape index (κ2) is 8.85. The molecular weight excluding hydrogens is 414 g/mol. The number of ether oxygens (including phenoxy) is 4. The number of nitrogens with zero attached hydrogens (tertiary/aromatic N) is 3. The van der Waals surface area contributed by atoms with Crippen molar-refractivity contribution in [2.24, 2.45) is 5.10 Å². The monoisotopic (exact) mass is 439 g/mol. The maximum absolute atomic E-state index is 5.55. The average molecular weight is 440 g/mol. The smallest absolute Gasteiger partial charge is 0.207 e. The van der Waals surface area contributed by atoms with Gasteiger partial charge in [-0.3, -0.25) is 0 Å². The Balaban J connectivity index is 1.72. The number of benzene rings is 2. The molecule has 1 unspecified atom stereocenters. The Morgan fingerprint density at radius 1 is 0.935 bits per heavy atom. The minimum absolute atomic E-state index is 0.0228. The van der Waals surface area contributed by atoms with Gasteiger partial charge in [0.1, 0.15) is 5.75 Å². The molecule has 162 valence electrons. The minimum Gasteiger partial charge on any atom is -0.496 e. The number of para-hydroxylation sites is 1. The molecule has 2 aromatic carbocycles. The molecule has 2 heterocycles. The van der Waals surface area contributed by atoms with Crippen LogP contribution in [0.3, 0.4) is 0 Å². The molecule has 0 amide bonds. The summed E-state index contributed by atoms with van der Waals surface area (Å²) < 4.78 is 22.1. The van der Waals surface area contributed by atoms with Crippen LogP contribution in [0.1, 0.15) is 24.9 Å². The molecule has 4 rings (SSSR count). The zero-order chi connectivity index (χ0) is 22.0. The Labute approximate surface area is 185 Å². The zero-order valence-corrected chi connectivity index (χ0v) is 19.0. The maximum Gasteiger partial charge on any atom is 0.207 e. The van der Waals surface area contributed by atoms with Crippen LogP contribution in [0.4, 0.5) is 5.13 Å². The highest BCUT2D eigenvalue weighted by molar-refractivity contribution is 7.14. The van der Waals surface area contributed by atoms with Crippen molar-refractivity contribution in [1.82, 2.24) is 4.98 Å². The highest BCUT2D eigenvalue weighted by atomic mass is 32.1. The molecule has 0 fully saturated rings. The van der Waals surface area contributed by atoms with Gasteiger partial charge in [0.05, 0.1) is 40.2 Å². The number of methoxy groups -OCH3 is 4. The summed E-state index contributed by atoms with van der Waals surface area (Å²) in [7, 11) is 6.51. The summed E-state index contributed by atoms with van der Waals surface area (Å²) >= 11 is 1.55. The number of aromatic nitrogens is 1. The van der Waals surface area contributed by atoms with Crippen LogP contribution in [0.5, 0.6) is 23.0 Å². The van der Waals surface area contributed by atoms with E-state index in [0.29, 0.717) is 17.2 Å². The van der Waals surface area contributed by atoms with Crippen LogP contribution >= 0.6 is 11.3 Å². The molecule has 0 bridgehead atoms. The first-order valence-corrected chi connectivity index (χ1v) is 10.7. The van der Waals surface area contributed by atoms with E-state index in [-0.39, 0.29) is 6.04 Å². The molecular formula is C23H25N3O4S. The number of hydrogen-bond donors (Lipinski definition) is 0. The molecule has 1 aromatic heterocycles. The van der Waals surface area contributed by atoms with Crippen molar-refractivity contribution >= 4 is 22.2 Å². The first-order chi connectivity index (χ1) is 15.1. The van der Waals surface area contributed by atoms with Crippen molar-refractivity contribution in [2.45, 2.75) is 19.4 Å². The summed E-state index contributed by atoms with van der Waals surface area (Å²) in [5.74, 6) is 2.61. The lowest BCUT2D eigenvalue weighted by molar-refractivity contribution is 0.323. The largest absolute Gasteiger partial charge is 0.496 e. The van der Waals surface area contributed by atoms with Crippen LogP contribution in [0.25, 0.3) is 11.3 Å². The highest BCUT2D eigenvalue weighted by Crippen LogP contribution is 2.44. The first kappa shape index (κ1) is 21.0. The van der Waals surface area contributed by atoms with Gasteiger partial charge in [0.25, 0.3) is 0 Å². The molecule has 1 aliphatic heterocycles. The standard InChI is InChI=1S/C23H25N3O4S/c1-14-10-18(15-11-20(28-3)22(30-5)21(12-15)29-4)26(25-14)23-24-17(13-31-23)16-8-6-7-9-19(16)27-2/h6-9,11-13,18H,10H2,1-5H3. The fourth-order valence-corrected chi connectivity index (χ4v) is 4.56. The number of rotatable bonds is 7. The van der Waals surface area contributed by atoms with Crippen molar-refractivity contribution < 1.29 is 18.9 Å². The normalized spacial score (nSPS) is 15.6. The molecule has 31 heavy (non-hydrogen) atoms. The van der Waals surface area contributed by atoms with E-state index in [1.54, 1.807) is 39.8 Å². The Kier molecular flexibility index (Phi) is 5.99. The van der Waals surface area contributed by atoms with E-state index in [4.69, 9.17) is 29.0 Å². The number of hydrogen-bond acceptors (Lipinski definition) is 8. The van der Waals surface area contributed by atoms with Crippen molar-refractivity contribution in [3.05, 3.63) is 47.3 Å². The lowest BCUT2D eigenvalue weighted by Crippen LogP contribution is -2.18. The predicted octanol–water partition coefficient (Wildman–Crippen LogP) is 5.17. The van der Waals surface area contributed by atoms with Gasteiger partial charge in [0, 0.05) is 23.1 Å². The van der Waals surface area contributed by atoms with E-state index in [2.05, 4.69) is 0 Å². The Bertz CT molecular complexity index is 1090. The third-order valence-corrected chi connectivity index (χ3v) is 6.04. The van der Waals surface area contributed by atoms with Crippen LogP contribution in [0.2, 0.25) is 0 Å². The third-order valence-electron chi connectivity index (χ3n) is 5.21. The number of anilines is 1. The van der Waals surface area contributed by atoms with Crippen LogP contribution in [0, 0.1) is 0 Å². The van der Waals surface area contributed by atoms with E-state index in [1.807, 2.05) is 53.7 Å². The molecule has 7 nitrogen and oxygen atoms in total. The summed E-state index contributed by atoms with van der Waals surface area (Å²) in [6.45, 7) is 2.03. The predicted molar refractivity (Wildman–Crippen MR) is 123 cm³/mol. The molecule has 1 atom stereocenters. The molecule has 8 heteroatoms. The quantitative estimate of drug-likeness (QED) is 0.506. The van der Waals surface area contributed by atoms with Crippen molar-refractivity contribution in [1.29, 1.82) is 0 Å². The van der Waals surface area contributed by atoms with Gasteiger partial charge in [-0.2, -0.15) is 5.10 Å². The van der Waals surface area contributed by atoms with Gasteiger partial charge in [-0.15, -0.1) is 11.3 Å². The topological polar surface area (TPSA) is 65.4 Å². The molecule has 3 aromatic rings. The fourth-order valence-electron chi connectivity index (χ4n) is 3.74. The highest BCUT2D eigenvalue weighted by Gasteiger charge is 2.31. The van der Waals surface area contributed by atoms with E-state index < -0.39 is 0 Å². The Hall–Kier alpha value is -3.26. The lowest BCUT2D eigenvalue weighted by atomic mass is 10.0. The van der Waals surface area contributed by atoms with Crippen molar-refractivity contribution in [2.75, 3.05) is 33.4 Å². The fraction of sp³-hybridized carbons (Fsp3) is 0.304. The van der Waals surface area contributed by atoms with E-state index >= 15 is 0 Å². The number of thiazole rings is 1. The average Bonchev–Trinajstić information content (AvgIpc) is 3.44. The van der Waals surface area contributed by atoms with E-state index in [0.717, 1.165) is 39.8 Å². The minimum atomic E-state index is -0.0228. The molecule has 0 N–H and O–H groups in total. The molecule has 0 aliphatic carbocycles. The maximum atomic E-state index is 5.55. The van der Waals surface area contributed by atoms with Crippen LogP contribution in [-0.2, 0) is 0 Å². The zero-order valence-electron chi connectivity index (χ0n) is 18.2. The summed E-state index contributed by atoms with van der Waals surface area (Å²) in [6, 6.07) is 11.8. The van der Waals surface area contributed by atoms with E-state index in [9.17, 15) is 0 Å². The Morgan fingerprint density at radius 2 is 1.61 bits per heavy atom. The van der Waals surface area contributed by atoms with Crippen molar-refractivity contribution in [3.8, 4) is 34.3 Å². The molecule has 1 aliphatic rings. The van der Waals surface area contributed by atoms with Crippen molar-refractivity contribution in [3.63, 3.8) is 0 Å². The summed E-state index contributed by atoms with van der Waals surface area (Å²) in [5.41, 5.74) is 3.87. The SMILES string of the molecule is COc1ccccc1-c1csc(N2N=C(C)CC2c2cc(OC)c(OC)c(OC)c2)n1. The second-order valence-corrected chi connectivity index (χ2v) is 7.91. The third kappa shape index (κ3) is 3.90. The molecule has 0 saturated carbocycles. The van der Waals surface area contributed by atoms with E-state index in [1.165, 1.54) is 0 Å². The van der Waals surface area contributed by atoms with Gasteiger partial charge in [0.15, 0.2) is 11.5 Å². The molecule has 0 spiro atoms. The number of hydrazone groups is 1. The van der Waals surface area contributed by atoms with Gasteiger partial charge in [0.2, 0.25) is 10.9 Å². The van der Waals surface area contributed by atoms with Crippen LogP contribution in [-0.4, -0.2) is 39.1 Å². The van der Waals surface area contributed by atoms with Gasteiger partial charge in [-0.05, 0) is 36.8 Å². The van der Waals surface area contributed by atoms with Gasteiger partial charge >= 0.3 is 0 Å². The van der Waals surface area contributed by atoms with Crippen LogP contribution in [0.15, 0.2) is 46.9 Å².